The van der Waals surface area contributed by atoms with Crippen LogP contribution in [0.25, 0.3) is 0 Å². The van der Waals surface area contributed by atoms with Gasteiger partial charge in [-0.3, -0.25) is 0 Å². The molecule has 0 aromatic carbocycles. The number of nitrogens with zero attached hydrogens (tertiary/aromatic N) is 2. The van der Waals surface area contributed by atoms with Crippen molar-refractivity contribution < 1.29 is 0 Å². The van der Waals surface area contributed by atoms with E-state index in [0.717, 1.165) is 19.0 Å². The molecule has 0 amide bonds. The van der Waals surface area contributed by atoms with Crippen LogP contribution < -0.4 is 10.2 Å². The van der Waals surface area contributed by atoms with E-state index in [4.69, 9.17) is 4.98 Å². The summed E-state index contributed by atoms with van der Waals surface area (Å²) in [6, 6.07) is 0. The summed E-state index contributed by atoms with van der Waals surface area (Å²) in [4.78, 5) is 8.91. The minimum Gasteiger partial charge on any atom is -0.348 e. The Morgan fingerprint density at radius 1 is 1.29 bits per heavy atom. The number of hydrogen-bond donors (Lipinski definition) is 1. The van der Waals surface area contributed by atoms with E-state index in [1.807, 2.05) is 11.3 Å². The summed E-state index contributed by atoms with van der Waals surface area (Å²) >= 11 is 1.91. The maximum absolute atomic E-state index is 4.97. The normalized spacial score (nSPS) is 16.9. The van der Waals surface area contributed by atoms with Gasteiger partial charge >= 0.3 is 0 Å². The molecule has 1 aromatic rings. The zero-order valence-corrected chi connectivity index (χ0v) is 14.9. The standard InChI is InChI=1S/C17H31N3S/c1-5-9-18-12-15-16(13(3)4)19-17(21-15)20-10-7-14(6-2)8-11-20/h13-14,18H,5-12H2,1-4H3. The summed E-state index contributed by atoms with van der Waals surface area (Å²) in [5, 5.41) is 4.78. The Morgan fingerprint density at radius 3 is 2.57 bits per heavy atom. The number of anilines is 1. The first kappa shape index (κ1) is 16.8. The lowest BCUT2D eigenvalue weighted by atomic mass is 9.95. The molecule has 0 unspecified atom stereocenters. The Kier molecular flexibility index (Phi) is 6.49. The lowest BCUT2D eigenvalue weighted by Gasteiger charge is -2.31. The summed E-state index contributed by atoms with van der Waals surface area (Å²) in [6.07, 6.45) is 5.18. The van der Waals surface area contributed by atoms with Crippen LogP contribution in [-0.4, -0.2) is 24.6 Å². The highest BCUT2D eigenvalue weighted by Crippen LogP contribution is 2.33. The minimum absolute atomic E-state index is 0.515. The van der Waals surface area contributed by atoms with Crippen molar-refractivity contribution in [3.05, 3.63) is 10.6 Å². The first-order valence-electron chi connectivity index (χ1n) is 8.60. The molecule has 1 aliphatic heterocycles. The molecule has 1 aromatic heterocycles. The van der Waals surface area contributed by atoms with Crippen molar-refractivity contribution in [3.63, 3.8) is 0 Å². The molecule has 0 bridgehead atoms. The number of thiazole rings is 1. The zero-order valence-electron chi connectivity index (χ0n) is 14.1. The van der Waals surface area contributed by atoms with Crippen LogP contribution in [0.5, 0.6) is 0 Å². The van der Waals surface area contributed by atoms with E-state index >= 15 is 0 Å². The SMILES string of the molecule is CCCNCc1sc(N2CCC(CC)CC2)nc1C(C)C. The van der Waals surface area contributed by atoms with E-state index in [9.17, 15) is 0 Å². The first-order valence-corrected chi connectivity index (χ1v) is 9.42. The molecule has 2 rings (SSSR count). The highest BCUT2D eigenvalue weighted by Gasteiger charge is 2.22. The second-order valence-corrected chi connectivity index (χ2v) is 7.54. The highest BCUT2D eigenvalue weighted by atomic mass is 32.1. The third kappa shape index (κ3) is 4.43. The van der Waals surface area contributed by atoms with Gasteiger partial charge in [0.05, 0.1) is 5.69 Å². The van der Waals surface area contributed by atoms with Gasteiger partial charge in [0.1, 0.15) is 0 Å². The summed E-state index contributed by atoms with van der Waals surface area (Å²) in [6.45, 7) is 13.5. The summed E-state index contributed by atoms with van der Waals surface area (Å²) in [5.74, 6) is 1.44. The van der Waals surface area contributed by atoms with Gasteiger partial charge in [0.25, 0.3) is 0 Å². The van der Waals surface area contributed by atoms with E-state index in [2.05, 4.69) is 37.9 Å². The van der Waals surface area contributed by atoms with Crippen molar-refractivity contribution in [1.82, 2.24) is 10.3 Å². The number of hydrogen-bond acceptors (Lipinski definition) is 4. The van der Waals surface area contributed by atoms with Gasteiger partial charge < -0.3 is 10.2 Å². The fourth-order valence-electron chi connectivity index (χ4n) is 2.97. The van der Waals surface area contributed by atoms with Gasteiger partial charge in [-0.05, 0) is 37.6 Å². The van der Waals surface area contributed by atoms with Crippen LogP contribution in [0.15, 0.2) is 0 Å². The molecule has 2 heterocycles. The predicted octanol–water partition coefficient (Wildman–Crippen LogP) is 4.39. The van der Waals surface area contributed by atoms with Crippen LogP contribution in [0, 0.1) is 5.92 Å². The minimum atomic E-state index is 0.515. The molecule has 1 aliphatic rings. The Bertz CT molecular complexity index is 420. The predicted molar refractivity (Wildman–Crippen MR) is 93.4 cm³/mol. The second-order valence-electron chi connectivity index (χ2n) is 6.48. The molecular formula is C17H31N3S. The Labute approximate surface area is 134 Å². The van der Waals surface area contributed by atoms with E-state index in [1.54, 1.807) is 0 Å². The van der Waals surface area contributed by atoms with Crippen molar-refractivity contribution in [1.29, 1.82) is 0 Å². The largest absolute Gasteiger partial charge is 0.348 e. The topological polar surface area (TPSA) is 28.2 Å². The number of nitrogens with one attached hydrogen (secondary N) is 1. The average Bonchev–Trinajstić information content (AvgIpc) is 2.92. The molecule has 120 valence electrons. The molecular weight excluding hydrogens is 278 g/mol. The van der Waals surface area contributed by atoms with Crippen molar-refractivity contribution in [2.75, 3.05) is 24.5 Å². The first-order chi connectivity index (χ1) is 10.2. The number of aromatic nitrogens is 1. The summed E-state index contributed by atoms with van der Waals surface area (Å²) in [5.41, 5.74) is 1.30. The van der Waals surface area contributed by atoms with Crippen molar-refractivity contribution in [2.45, 2.75) is 65.8 Å². The smallest absolute Gasteiger partial charge is 0.185 e. The van der Waals surface area contributed by atoms with Gasteiger partial charge in [0, 0.05) is 24.5 Å². The monoisotopic (exact) mass is 309 g/mol. The number of piperidine rings is 1. The van der Waals surface area contributed by atoms with Crippen LogP contribution in [0.3, 0.4) is 0 Å². The lowest BCUT2D eigenvalue weighted by molar-refractivity contribution is 0.395. The van der Waals surface area contributed by atoms with Gasteiger partial charge in [0.15, 0.2) is 5.13 Å². The lowest BCUT2D eigenvalue weighted by Crippen LogP contribution is -2.33. The fourth-order valence-corrected chi connectivity index (χ4v) is 4.21. The van der Waals surface area contributed by atoms with Crippen molar-refractivity contribution in [2.24, 2.45) is 5.92 Å². The van der Waals surface area contributed by atoms with E-state index in [-0.39, 0.29) is 0 Å². The summed E-state index contributed by atoms with van der Waals surface area (Å²) < 4.78 is 0. The molecule has 1 N–H and O–H groups in total. The van der Waals surface area contributed by atoms with Crippen LogP contribution in [-0.2, 0) is 6.54 Å². The van der Waals surface area contributed by atoms with Gasteiger partial charge in [-0.15, -0.1) is 11.3 Å². The molecule has 1 fully saturated rings. The van der Waals surface area contributed by atoms with E-state index in [0.29, 0.717) is 5.92 Å². The Balaban J connectivity index is 2.04. The fraction of sp³-hybridized carbons (Fsp3) is 0.824. The molecule has 0 radical (unpaired) electrons. The quantitative estimate of drug-likeness (QED) is 0.757. The number of rotatable bonds is 7. The van der Waals surface area contributed by atoms with Crippen LogP contribution >= 0.6 is 11.3 Å². The maximum atomic E-state index is 4.97. The van der Waals surface area contributed by atoms with Gasteiger partial charge in [-0.2, -0.15) is 0 Å². The van der Waals surface area contributed by atoms with Crippen LogP contribution in [0.4, 0.5) is 5.13 Å². The molecule has 21 heavy (non-hydrogen) atoms. The molecule has 4 heteroatoms. The van der Waals surface area contributed by atoms with E-state index < -0.39 is 0 Å². The molecule has 0 aliphatic carbocycles. The van der Waals surface area contributed by atoms with Gasteiger partial charge in [-0.1, -0.05) is 34.1 Å². The van der Waals surface area contributed by atoms with Crippen LogP contribution in [0.2, 0.25) is 0 Å². The van der Waals surface area contributed by atoms with Gasteiger partial charge in [-0.25, -0.2) is 4.98 Å². The highest BCUT2D eigenvalue weighted by molar-refractivity contribution is 7.15. The third-order valence-electron chi connectivity index (χ3n) is 4.44. The molecule has 0 atom stereocenters. The second kappa shape index (κ2) is 8.14. The zero-order chi connectivity index (χ0) is 15.2. The third-order valence-corrected chi connectivity index (χ3v) is 5.57. The average molecular weight is 310 g/mol. The molecule has 0 saturated carbocycles. The van der Waals surface area contributed by atoms with Crippen molar-refractivity contribution >= 4 is 16.5 Å². The van der Waals surface area contributed by atoms with Crippen LogP contribution in [0.1, 0.15) is 69.9 Å². The van der Waals surface area contributed by atoms with Crippen molar-refractivity contribution in [3.8, 4) is 0 Å². The Morgan fingerprint density at radius 2 is 2.00 bits per heavy atom. The molecule has 0 spiro atoms. The maximum Gasteiger partial charge on any atom is 0.185 e. The molecule has 3 nitrogen and oxygen atoms in total. The van der Waals surface area contributed by atoms with E-state index in [1.165, 1.54) is 54.5 Å². The Hall–Kier alpha value is -0.610. The molecule has 1 saturated heterocycles. The van der Waals surface area contributed by atoms with Gasteiger partial charge in [0.2, 0.25) is 0 Å². The summed E-state index contributed by atoms with van der Waals surface area (Å²) in [7, 11) is 0.